The normalized spacial score (nSPS) is 12.2. The van der Waals surface area contributed by atoms with Crippen molar-refractivity contribution in [3.05, 3.63) is 0 Å². The molecule has 0 aromatic rings. The molecule has 0 bridgehead atoms. The van der Waals surface area contributed by atoms with Crippen LogP contribution in [0.25, 0.3) is 0 Å². The molecule has 0 saturated heterocycles. The molecule has 6 heteroatoms. The molecule has 0 aromatic carbocycles. The number of carbonyl (C=O) groups is 2. The summed E-state index contributed by atoms with van der Waals surface area (Å²) < 4.78 is 14.5. The first-order chi connectivity index (χ1) is 8.30. The second-order valence-corrected chi connectivity index (χ2v) is 4.47. The van der Waals surface area contributed by atoms with Gasteiger partial charge in [-0.25, -0.2) is 9.59 Å². The van der Waals surface area contributed by atoms with E-state index in [0.29, 0.717) is 0 Å². The number of rotatable bonds is 5. The Labute approximate surface area is 107 Å². The van der Waals surface area contributed by atoms with Gasteiger partial charge in [0.15, 0.2) is 12.6 Å². The van der Waals surface area contributed by atoms with E-state index in [1.54, 1.807) is 20.8 Å². The van der Waals surface area contributed by atoms with Gasteiger partial charge in [0.25, 0.3) is 0 Å². The maximum atomic E-state index is 11.5. The molecule has 0 unspecified atom stereocenters. The highest BCUT2D eigenvalue weighted by molar-refractivity contribution is 5.81. The Morgan fingerprint density at radius 2 is 2.00 bits per heavy atom. The molecule has 0 heterocycles. The van der Waals surface area contributed by atoms with Crippen LogP contribution in [0.15, 0.2) is 0 Å². The number of esters is 1. The largest absolute Gasteiger partial charge is 0.451 e. The summed E-state index contributed by atoms with van der Waals surface area (Å²) in [6.45, 7) is 4.97. The summed E-state index contributed by atoms with van der Waals surface area (Å²) >= 11 is 0. The number of alkyl carbamates (subject to hydrolysis) is 1. The van der Waals surface area contributed by atoms with Crippen LogP contribution in [0.4, 0.5) is 4.79 Å². The van der Waals surface area contributed by atoms with E-state index in [4.69, 9.17) is 20.6 Å². The van der Waals surface area contributed by atoms with E-state index >= 15 is 0 Å². The molecule has 0 aliphatic heterocycles. The van der Waals surface area contributed by atoms with Crippen LogP contribution in [0.5, 0.6) is 0 Å². The number of hydrogen-bond acceptors (Lipinski definition) is 5. The van der Waals surface area contributed by atoms with Crippen molar-refractivity contribution >= 4 is 12.1 Å². The molecule has 1 N–H and O–H groups in total. The lowest BCUT2D eigenvalue weighted by Gasteiger charge is -2.22. The fraction of sp³-hybridized carbons (Fsp3) is 0.667. The van der Waals surface area contributed by atoms with Gasteiger partial charge in [0.1, 0.15) is 5.60 Å². The van der Waals surface area contributed by atoms with E-state index in [1.807, 2.05) is 0 Å². The van der Waals surface area contributed by atoms with Gasteiger partial charge in [0, 0.05) is 7.11 Å². The quantitative estimate of drug-likeness (QED) is 0.580. The molecule has 0 spiro atoms. The number of amides is 1. The monoisotopic (exact) mass is 257 g/mol. The van der Waals surface area contributed by atoms with Crippen LogP contribution in [-0.4, -0.2) is 44.0 Å². The van der Waals surface area contributed by atoms with E-state index < -0.39 is 23.7 Å². The summed E-state index contributed by atoms with van der Waals surface area (Å²) in [5.74, 6) is 1.49. The van der Waals surface area contributed by atoms with E-state index in [0.717, 1.165) is 0 Å². The number of methoxy groups -OCH3 is 1. The average molecular weight is 257 g/mol. The molecule has 0 radical (unpaired) electrons. The number of carbonyl (C=O) groups excluding carboxylic acids is 2. The van der Waals surface area contributed by atoms with Crippen LogP contribution >= 0.6 is 0 Å². The molecule has 1 atom stereocenters. The molecule has 0 saturated carbocycles. The van der Waals surface area contributed by atoms with Gasteiger partial charge in [-0.05, 0) is 20.8 Å². The zero-order chi connectivity index (χ0) is 14.2. The van der Waals surface area contributed by atoms with E-state index in [9.17, 15) is 9.59 Å². The fourth-order valence-corrected chi connectivity index (χ4v) is 0.999. The Morgan fingerprint density at radius 1 is 1.39 bits per heavy atom. The molecule has 102 valence electrons. The molecular weight excluding hydrogens is 238 g/mol. The van der Waals surface area contributed by atoms with Crippen molar-refractivity contribution in [3.63, 3.8) is 0 Å². The van der Waals surface area contributed by atoms with Gasteiger partial charge in [-0.15, -0.1) is 6.42 Å². The third kappa shape index (κ3) is 7.52. The predicted octanol–water partition coefficient (Wildman–Crippen LogP) is 0.702. The highest BCUT2D eigenvalue weighted by Crippen LogP contribution is 2.07. The Morgan fingerprint density at radius 3 is 2.44 bits per heavy atom. The first-order valence-electron chi connectivity index (χ1n) is 5.38. The summed E-state index contributed by atoms with van der Waals surface area (Å²) in [5.41, 5.74) is -0.648. The van der Waals surface area contributed by atoms with Gasteiger partial charge >= 0.3 is 12.1 Å². The third-order valence-corrected chi connectivity index (χ3v) is 1.61. The first-order valence-corrected chi connectivity index (χ1v) is 5.38. The topological polar surface area (TPSA) is 73.9 Å². The second-order valence-electron chi connectivity index (χ2n) is 4.47. The highest BCUT2D eigenvalue weighted by Gasteiger charge is 2.25. The molecule has 18 heavy (non-hydrogen) atoms. The number of hydrogen-bond donors (Lipinski definition) is 1. The van der Waals surface area contributed by atoms with Gasteiger partial charge in [-0.3, -0.25) is 0 Å². The Hall–Kier alpha value is -1.74. The lowest BCUT2D eigenvalue weighted by atomic mass is 10.2. The van der Waals surface area contributed by atoms with Crippen LogP contribution in [0.2, 0.25) is 0 Å². The first kappa shape index (κ1) is 16.3. The van der Waals surface area contributed by atoms with Crippen LogP contribution in [-0.2, 0) is 19.0 Å². The Bertz CT molecular complexity index is 326. The molecule has 1 amide bonds. The maximum Gasteiger partial charge on any atom is 0.408 e. The van der Waals surface area contributed by atoms with Gasteiger partial charge in [-0.1, -0.05) is 5.92 Å². The van der Waals surface area contributed by atoms with Crippen molar-refractivity contribution in [1.29, 1.82) is 0 Å². The third-order valence-electron chi connectivity index (χ3n) is 1.61. The summed E-state index contributed by atoms with van der Waals surface area (Å²) in [4.78, 5) is 23.0. The van der Waals surface area contributed by atoms with Crippen LogP contribution in [0.1, 0.15) is 20.8 Å². The van der Waals surface area contributed by atoms with Crippen molar-refractivity contribution in [3.8, 4) is 12.3 Å². The van der Waals surface area contributed by atoms with Crippen molar-refractivity contribution in [1.82, 2.24) is 5.32 Å². The van der Waals surface area contributed by atoms with Gasteiger partial charge < -0.3 is 19.5 Å². The summed E-state index contributed by atoms with van der Waals surface area (Å²) in [6, 6.07) is -0.946. The Kier molecular flexibility index (Phi) is 6.83. The van der Waals surface area contributed by atoms with E-state index in [2.05, 4.69) is 11.2 Å². The van der Waals surface area contributed by atoms with Gasteiger partial charge in [-0.2, -0.15) is 0 Å². The van der Waals surface area contributed by atoms with E-state index in [1.165, 1.54) is 7.11 Å². The second kappa shape index (κ2) is 7.56. The van der Waals surface area contributed by atoms with Gasteiger partial charge in [0.2, 0.25) is 0 Å². The smallest absolute Gasteiger partial charge is 0.408 e. The summed E-state index contributed by atoms with van der Waals surface area (Å²) in [7, 11) is 1.40. The SMILES string of the molecule is C#CCOC(=O)[C@H](COC)NC(=O)OC(C)(C)C. The van der Waals surface area contributed by atoms with Crippen molar-refractivity contribution in [2.75, 3.05) is 20.3 Å². The van der Waals surface area contributed by atoms with E-state index in [-0.39, 0.29) is 13.2 Å². The molecule has 6 nitrogen and oxygen atoms in total. The van der Waals surface area contributed by atoms with Crippen molar-refractivity contribution in [2.45, 2.75) is 32.4 Å². The van der Waals surface area contributed by atoms with Gasteiger partial charge in [0.05, 0.1) is 6.61 Å². The molecular formula is C12H19NO5. The molecule has 0 aliphatic carbocycles. The molecule has 0 aromatic heterocycles. The predicted molar refractivity (Wildman–Crippen MR) is 64.8 cm³/mol. The summed E-state index contributed by atoms with van der Waals surface area (Å²) in [6.07, 6.45) is 4.24. The minimum absolute atomic E-state index is 0.0252. The zero-order valence-corrected chi connectivity index (χ0v) is 11.1. The zero-order valence-electron chi connectivity index (χ0n) is 11.1. The van der Waals surface area contributed by atoms with Crippen LogP contribution < -0.4 is 5.32 Å². The molecule has 0 fully saturated rings. The fourth-order valence-electron chi connectivity index (χ4n) is 0.999. The summed E-state index contributed by atoms with van der Waals surface area (Å²) in [5, 5.41) is 2.35. The van der Waals surface area contributed by atoms with Crippen molar-refractivity contribution < 1.29 is 23.8 Å². The highest BCUT2D eigenvalue weighted by atomic mass is 16.6. The molecule has 0 aliphatic rings. The van der Waals surface area contributed by atoms with Crippen molar-refractivity contribution in [2.24, 2.45) is 0 Å². The average Bonchev–Trinajstić information content (AvgIpc) is 2.22. The minimum Gasteiger partial charge on any atom is -0.451 e. The lowest BCUT2D eigenvalue weighted by molar-refractivity contribution is -0.146. The minimum atomic E-state index is -0.946. The van der Waals surface area contributed by atoms with Crippen LogP contribution in [0.3, 0.4) is 0 Å². The number of terminal acetylenes is 1. The maximum absolute atomic E-state index is 11.5. The standard InChI is InChI=1S/C12H19NO5/c1-6-7-17-10(14)9(8-16-5)13-11(15)18-12(2,3)4/h1,9H,7-8H2,2-5H3,(H,13,15)/t9-/m0/s1. The molecule has 0 rings (SSSR count). The Balaban J connectivity index is 4.39. The van der Waals surface area contributed by atoms with Crippen LogP contribution in [0, 0.1) is 12.3 Å². The number of ether oxygens (including phenoxy) is 3. The lowest BCUT2D eigenvalue weighted by Crippen LogP contribution is -2.46. The number of nitrogens with one attached hydrogen (secondary N) is 1.